The van der Waals surface area contributed by atoms with Gasteiger partial charge in [-0.25, -0.2) is 14.6 Å². The molecule has 1 aliphatic heterocycles. The summed E-state index contributed by atoms with van der Waals surface area (Å²) < 4.78 is 1.26. The van der Waals surface area contributed by atoms with Crippen LogP contribution in [-0.4, -0.2) is 43.8 Å². The molecule has 1 fully saturated rings. The number of carbonyl (C=O) groups is 1. The highest BCUT2D eigenvalue weighted by Crippen LogP contribution is 2.24. The van der Waals surface area contributed by atoms with Crippen molar-refractivity contribution in [2.75, 3.05) is 18.4 Å². The first kappa shape index (κ1) is 17.0. The lowest BCUT2D eigenvalue weighted by atomic mass is 9.98. The van der Waals surface area contributed by atoms with E-state index in [1.54, 1.807) is 29.3 Å². The molecule has 1 aliphatic rings. The van der Waals surface area contributed by atoms with Crippen molar-refractivity contribution in [3.8, 4) is 5.82 Å². The Balaban J connectivity index is 1.49. The lowest BCUT2D eigenvalue weighted by Crippen LogP contribution is -2.41. The van der Waals surface area contributed by atoms with Crippen molar-refractivity contribution in [1.82, 2.24) is 24.6 Å². The number of urea groups is 1. The lowest BCUT2D eigenvalue weighted by Gasteiger charge is -2.31. The molecule has 8 nitrogen and oxygen atoms in total. The van der Waals surface area contributed by atoms with Crippen LogP contribution in [0.3, 0.4) is 0 Å². The summed E-state index contributed by atoms with van der Waals surface area (Å²) in [4.78, 5) is 33.5. The Morgan fingerprint density at radius 2 is 1.96 bits per heavy atom. The van der Waals surface area contributed by atoms with Crippen LogP contribution in [0, 0.1) is 0 Å². The second-order valence-electron chi connectivity index (χ2n) is 6.50. The maximum atomic E-state index is 12.5. The van der Waals surface area contributed by atoms with Crippen LogP contribution in [-0.2, 0) is 0 Å². The molecular weight excluding hydrogens is 344 g/mol. The van der Waals surface area contributed by atoms with E-state index in [0.717, 1.165) is 18.5 Å². The predicted molar refractivity (Wildman–Crippen MR) is 101 cm³/mol. The summed E-state index contributed by atoms with van der Waals surface area (Å²) in [6.45, 7) is 1.19. The number of likely N-dealkylation sites (tertiary alicyclic amines) is 1. The molecule has 0 aliphatic carbocycles. The minimum atomic E-state index is -0.324. The molecule has 0 spiro atoms. The average Bonchev–Trinajstić information content (AvgIpc) is 3.11. The molecule has 0 radical (unpaired) electrons. The molecule has 8 heteroatoms. The standard InChI is InChI=1S/C19H20N6O2/c26-18(21-15-8-2-1-3-9-15)24-12-6-7-14(13-24)17-22-19(27)25(23-17)16-10-4-5-11-20-16/h1-5,8-11,14H,6-7,12-13H2,(H,21,26)(H,22,23,27). The van der Waals surface area contributed by atoms with Crippen molar-refractivity contribution in [2.24, 2.45) is 0 Å². The minimum absolute atomic E-state index is 0.0158. The molecule has 3 aromatic rings. The Morgan fingerprint density at radius 3 is 2.74 bits per heavy atom. The molecular formula is C19H20N6O2. The molecule has 2 amide bonds. The van der Waals surface area contributed by atoms with Gasteiger partial charge in [-0.15, -0.1) is 5.10 Å². The maximum Gasteiger partial charge on any atom is 0.349 e. The number of hydrogen-bond acceptors (Lipinski definition) is 4. The van der Waals surface area contributed by atoms with E-state index in [-0.39, 0.29) is 17.6 Å². The Hall–Kier alpha value is -3.42. The van der Waals surface area contributed by atoms with Gasteiger partial charge >= 0.3 is 11.7 Å². The Bertz CT molecular complexity index is 967. The molecule has 138 valence electrons. The Labute approximate surface area is 155 Å². The van der Waals surface area contributed by atoms with Crippen LogP contribution < -0.4 is 11.0 Å². The normalized spacial score (nSPS) is 16.9. The summed E-state index contributed by atoms with van der Waals surface area (Å²) in [6, 6.07) is 14.5. The van der Waals surface area contributed by atoms with Gasteiger partial charge in [0.15, 0.2) is 5.82 Å². The molecule has 3 heterocycles. The number of aromatic amines is 1. The van der Waals surface area contributed by atoms with E-state index >= 15 is 0 Å². The first-order valence-electron chi connectivity index (χ1n) is 8.92. The smallest absolute Gasteiger partial charge is 0.324 e. The van der Waals surface area contributed by atoms with Gasteiger partial charge in [-0.05, 0) is 37.1 Å². The van der Waals surface area contributed by atoms with Crippen molar-refractivity contribution in [3.05, 3.63) is 71.0 Å². The lowest BCUT2D eigenvalue weighted by molar-refractivity contribution is 0.191. The van der Waals surface area contributed by atoms with E-state index in [2.05, 4.69) is 20.4 Å². The quantitative estimate of drug-likeness (QED) is 0.746. The van der Waals surface area contributed by atoms with Gasteiger partial charge in [0.2, 0.25) is 0 Å². The molecule has 1 saturated heterocycles. The van der Waals surface area contributed by atoms with Gasteiger partial charge in [-0.1, -0.05) is 24.3 Å². The number of anilines is 1. The van der Waals surface area contributed by atoms with Crippen LogP contribution in [0.1, 0.15) is 24.6 Å². The SMILES string of the molecule is O=C(Nc1ccccc1)N1CCCC(c2nn(-c3ccccn3)c(=O)[nH]2)C1. The highest BCUT2D eigenvalue weighted by molar-refractivity contribution is 5.89. The van der Waals surface area contributed by atoms with Gasteiger partial charge < -0.3 is 10.2 Å². The van der Waals surface area contributed by atoms with Crippen LogP contribution >= 0.6 is 0 Å². The van der Waals surface area contributed by atoms with Crippen molar-refractivity contribution < 1.29 is 4.79 Å². The number of hydrogen-bond donors (Lipinski definition) is 2. The zero-order valence-electron chi connectivity index (χ0n) is 14.7. The van der Waals surface area contributed by atoms with Crippen LogP contribution in [0.5, 0.6) is 0 Å². The zero-order chi connectivity index (χ0) is 18.6. The average molecular weight is 364 g/mol. The molecule has 1 unspecified atom stereocenters. The van der Waals surface area contributed by atoms with Gasteiger partial charge in [0.1, 0.15) is 5.82 Å². The van der Waals surface area contributed by atoms with E-state index < -0.39 is 0 Å². The fraction of sp³-hybridized carbons (Fsp3) is 0.263. The van der Waals surface area contributed by atoms with Crippen molar-refractivity contribution in [3.63, 3.8) is 0 Å². The fourth-order valence-electron chi connectivity index (χ4n) is 3.27. The zero-order valence-corrected chi connectivity index (χ0v) is 14.7. The molecule has 0 saturated carbocycles. The van der Waals surface area contributed by atoms with Gasteiger partial charge in [0, 0.05) is 30.9 Å². The van der Waals surface area contributed by atoms with E-state index in [9.17, 15) is 9.59 Å². The topological polar surface area (TPSA) is 95.9 Å². The van der Waals surface area contributed by atoms with Gasteiger partial charge in [0.25, 0.3) is 0 Å². The summed E-state index contributed by atoms with van der Waals surface area (Å²) in [5.74, 6) is 1.04. The number of nitrogens with one attached hydrogen (secondary N) is 2. The van der Waals surface area contributed by atoms with E-state index in [4.69, 9.17) is 0 Å². The second-order valence-corrected chi connectivity index (χ2v) is 6.50. The number of para-hydroxylation sites is 1. The third-order valence-corrected chi connectivity index (χ3v) is 4.62. The van der Waals surface area contributed by atoms with Crippen molar-refractivity contribution >= 4 is 11.7 Å². The van der Waals surface area contributed by atoms with E-state index in [0.29, 0.717) is 24.7 Å². The van der Waals surface area contributed by atoms with Crippen LogP contribution in [0.25, 0.3) is 5.82 Å². The van der Waals surface area contributed by atoms with E-state index in [1.165, 1.54) is 4.68 Å². The van der Waals surface area contributed by atoms with Crippen LogP contribution in [0.4, 0.5) is 10.5 Å². The fourth-order valence-corrected chi connectivity index (χ4v) is 3.27. The number of amides is 2. The summed E-state index contributed by atoms with van der Waals surface area (Å²) >= 11 is 0. The number of H-pyrrole nitrogens is 1. The third kappa shape index (κ3) is 3.74. The summed E-state index contributed by atoms with van der Waals surface area (Å²) in [5, 5.41) is 7.31. The monoisotopic (exact) mass is 364 g/mol. The highest BCUT2D eigenvalue weighted by atomic mass is 16.2. The predicted octanol–water partition coefficient (Wildman–Crippen LogP) is 2.37. The summed E-state index contributed by atoms with van der Waals surface area (Å²) in [6.07, 6.45) is 3.34. The van der Waals surface area contributed by atoms with Gasteiger partial charge in [-0.3, -0.25) is 4.98 Å². The molecule has 2 aromatic heterocycles. The first-order chi connectivity index (χ1) is 13.2. The van der Waals surface area contributed by atoms with E-state index in [1.807, 2.05) is 30.3 Å². The molecule has 1 aromatic carbocycles. The number of aromatic nitrogens is 4. The number of carbonyl (C=O) groups excluding carboxylic acids is 1. The van der Waals surface area contributed by atoms with Crippen LogP contribution in [0.2, 0.25) is 0 Å². The molecule has 27 heavy (non-hydrogen) atoms. The number of benzene rings is 1. The number of nitrogens with zero attached hydrogens (tertiary/aromatic N) is 4. The van der Waals surface area contributed by atoms with Gasteiger partial charge in [0.05, 0.1) is 0 Å². The molecule has 0 bridgehead atoms. The summed E-state index contributed by atoms with van der Waals surface area (Å²) in [5.41, 5.74) is 0.437. The Morgan fingerprint density at radius 1 is 1.15 bits per heavy atom. The van der Waals surface area contributed by atoms with Crippen LogP contribution in [0.15, 0.2) is 59.5 Å². The third-order valence-electron chi connectivity index (χ3n) is 4.62. The summed E-state index contributed by atoms with van der Waals surface area (Å²) in [7, 11) is 0. The first-order valence-corrected chi connectivity index (χ1v) is 8.92. The highest BCUT2D eigenvalue weighted by Gasteiger charge is 2.27. The Kier molecular flexibility index (Phi) is 4.69. The number of rotatable bonds is 3. The number of piperidine rings is 1. The van der Waals surface area contributed by atoms with Crippen molar-refractivity contribution in [1.29, 1.82) is 0 Å². The largest absolute Gasteiger partial charge is 0.349 e. The number of pyridine rings is 1. The maximum absolute atomic E-state index is 12.5. The molecule has 2 N–H and O–H groups in total. The molecule has 4 rings (SSSR count). The molecule has 1 atom stereocenters. The van der Waals surface area contributed by atoms with Crippen molar-refractivity contribution in [2.45, 2.75) is 18.8 Å². The second kappa shape index (κ2) is 7.45. The minimum Gasteiger partial charge on any atom is -0.324 e. The van der Waals surface area contributed by atoms with Gasteiger partial charge in [-0.2, -0.15) is 4.68 Å².